The van der Waals surface area contributed by atoms with Gasteiger partial charge < -0.3 is 10.2 Å². The van der Waals surface area contributed by atoms with Crippen LogP contribution < -0.4 is 0 Å². The maximum Gasteiger partial charge on any atom is 0.123 e. The van der Waals surface area contributed by atoms with Gasteiger partial charge in [-0.15, -0.1) is 0 Å². The lowest BCUT2D eigenvalue weighted by Gasteiger charge is -2.30. The van der Waals surface area contributed by atoms with Gasteiger partial charge in [0.2, 0.25) is 0 Å². The van der Waals surface area contributed by atoms with Gasteiger partial charge in [0.25, 0.3) is 0 Å². The first kappa shape index (κ1) is 14.5. The first-order valence-electron chi connectivity index (χ1n) is 7.19. The van der Waals surface area contributed by atoms with Crippen LogP contribution in [0.15, 0.2) is 18.2 Å². The lowest BCUT2D eigenvalue weighted by molar-refractivity contribution is -0.0264. The molecule has 0 saturated heterocycles. The van der Waals surface area contributed by atoms with Crippen LogP contribution in [-0.2, 0) is 6.42 Å². The quantitative estimate of drug-likeness (QED) is 0.879. The third-order valence-corrected chi connectivity index (χ3v) is 4.27. The number of hydrogen-bond acceptors (Lipinski definition) is 2. The maximum atomic E-state index is 13.2. The second-order valence-electron chi connectivity index (χ2n) is 5.73. The molecule has 1 aromatic carbocycles. The van der Waals surface area contributed by atoms with Gasteiger partial charge in [-0.05, 0) is 48.9 Å². The highest BCUT2D eigenvalue weighted by atomic mass is 19.1. The van der Waals surface area contributed by atoms with Gasteiger partial charge >= 0.3 is 0 Å². The summed E-state index contributed by atoms with van der Waals surface area (Å²) in [6.45, 7) is 1.90. The van der Waals surface area contributed by atoms with E-state index in [9.17, 15) is 14.6 Å². The van der Waals surface area contributed by atoms with Crippen molar-refractivity contribution in [1.29, 1.82) is 0 Å². The first-order chi connectivity index (χ1) is 9.08. The molecule has 19 heavy (non-hydrogen) atoms. The molecule has 3 heteroatoms. The summed E-state index contributed by atoms with van der Waals surface area (Å²) in [5.41, 5.74) is 1.73. The van der Waals surface area contributed by atoms with Crippen molar-refractivity contribution in [3.05, 3.63) is 35.1 Å². The second kappa shape index (κ2) is 6.49. The van der Waals surface area contributed by atoms with Crippen LogP contribution in [0.5, 0.6) is 0 Å². The smallest absolute Gasteiger partial charge is 0.123 e. The molecule has 1 aliphatic carbocycles. The summed E-state index contributed by atoms with van der Waals surface area (Å²) in [6.07, 6.45) is 4.29. The van der Waals surface area contributed by atoms with Crippen molar-refractivity contribution in [3.63, 3.8) is 0 Å². The molecular weight excluding hydrogens is 243 g/mol. The highest BCUT2D eigenvalue weighted by Crippen LogP contribution is 2.28. The van der Waals surface area contributed by atoms with Crippen molar-refractivity contribution >= 4 is 0 Å². The lowest BCUT2D eigenvalue weighted by Crippen LogP contribution is -2.36. The molecule has 2 nitrogen and oxygen atoms in total. The molecule has 106 valence electrons. The van der Waals surface area contributed by atoms with E-state index in [4.69, 9.17) is 0 Å². The van der Waals surface area contributed by atoms with Crippen LogP contribution in [0, 0.1) is 18.7 Å². The Balaban J connectivity index is 1.99. The summed E-state index contributed by atoms with van der Waals surface area (Å²) in [7, 11) is 0. The van der Waals surface area contributed by atoms with E-state index < -0.39 is 12.2 Å². The first-order valence-corrected chi connectivity index (χ1v) is 7.19. The molecule has 2 rings (SSSR count). The Morgan fingerprint density at radius 3 is 2.58 bits per heavy atom. The van der Waals surface area contributed by atoms with Crippen LogP contribution in [-0.4, -0.2) is 22.4 Å². The number of aliphatic hydroxyl groups excluding tert-OH is 2. The van der Waals surface area contributed by atoms with Gasteiger partial charge in [-0.25, -0.2) is 4.39 Å². The van der Waals surface area contributed by atoms with E-state index in [0.717, 1.165) is 36.8 Å². The van der Waals surface area contributed by atoms with Crippen LogP contribution >= 0.6 is 0 Å². The fraction of sp³-hybridized carbons (Fsp3) is 0.625. The molecule has 2 N–H and O–H groups in total. The van der Waals surface area contributed by atoms with Crippen molar-refractivity contribution in [2.75, 3.05) is 0 Å². The van der Waals surface area contributed by atoms with Gasteiger partial charge in [0, 0.05) is 6.42 Å². The molecular formula is C16H23FO2. The molecule has 0 amide bonds. The Bertz CT molecular complexity index is 413. The van der Waals surface area contributed by atoms with Crippen molar-refractivity contribution < 1.29 is 14.6 Å². The van der Waals surface area contributed by atoms with Crippen LogP contribution in [0.1, 0.15) is 43.2 Å². The normalized spacial score (nSPS) is 20.2. The molecule has 1 saturated carbocycles. The fourth-order valence-electron chi connectivity index (χ4n) is 3.00. The number of benzene rings is 1. The van der Waals surface area contributed by atoms with Gasteiger partial charge in [0.05, 0.1) is 12.2 Å². The van der Waals surface area contributed by atoms with E-state index in [1.54, 1.807) is 6.07 Å². The standard InChI is InChI=1S/C16H23FO2/c1-11-7-8-14(17)9-13(11)10-15(18)16(19)12-5-3-2-4-6-12/h7-9,12,15-16,18-19H,2-6,10H2,1H3. The largest absolute Gasteiger partial charge is 0.390 e. The highest BCUT2D eigenvalue weighted by Gasteiger charge is 2.27. The number of aryl methyl sites for hydroxylation is 1. The van der Waals surface area contributed by atoms with Crippen LogP contribution in [0.2, 0.25) is 0 Å². The Morgan fingerprint density at radius 2 is 1.89 bits per heavy atom. The number of hydrogen-bond donors (Lipinski definition) is 2. The Morgan fingerprint density at radius 1 is 1.21 bits per heavy atom. The molecule has 0 bridgehead atoms. The third-order valence-electron chi connectivity index (χ3n) is 4.27. The van der Waals surface area contributed by atoms with E-state index >= 15 is 0 Å². The third kappa shape index (κ3) is 3.77. The minimum atomic E-state index is -0.802. The number of halogens is 1. The average molecular weight is 266 g/mol. The highest BCUT2D eigenvalue weighted by molar-refractivity contribution is 5.27. The van der Waals surface area contributed by atoms with Gasteiger partial charge in [-0.3, -0.25) is 0 Å². The van der Waals surface area contributed by atoms with Crippen LogP contribution in [0.4, 0.5) is 4.39 Å². The minimum Gasteiger partial charge on any atom is -0.390 e. The Kier molecular flexibility index (Phi) is 4.94. The summed E-state index contributed by atoms with van der Waals surface area (Å²) < 4.78 is 13.2. The molecule has 0 spiro atoms. The zero-order valence-electron chi connectivity index (χ0n) is 11.5. The predicted octanol–water partition coefficient (Wildman–Crippen LogP) is 2.98. The van der Waals surface area contributed by atoms with Crippen molar-refractivity contribution in [3.8, 4) is 0 Å². The molecule has 2 unspecified atom stereocenters. The summed E-state index contributed by atoms with van der Waals surface area (Å²) in [4.78, 5) is 0. The van der Waals surface area contributed by atoms with Crippen LogP contribution in [0.3, 0.4) is 0 Å². The second-order valence-corrected chi connectivity index (χ2v) is 5.73. The summed E-state index contributed by atoms with van der Waals surface area (Å²) in [5.74, 6) is -0.0995. The predicted molar refractivity (Wildman–Crippen MR) is 73.4 cm³/mol. The lowest BCUT2D eigenvalue weighted by atomic mass is 9.82. The summed E-state index contributed by atoms with van der Waals surface area (Å²) in [5, 5.41) is 20.4. The molecule has 0 heterocycles. The number of rotatable bonds is 4. The molecule has 1 fully saturated rings. The van der Waals surface area contributed by atoms with Gasteiger partial charge in [-0.2, -0.15) is 0 Å². The molecule has 1 aromatic rings. The fourth-order valence-corrected chi connectivity index (χ4v) is 3.00. The average Bonchev–Trinajstić information content (AvgIpc) is 2.43. The van der Waals surface area contributed by atoms with Gasteiger partial charge in [0.15, 0.2) is 0 Å². The van der Waals surface area contributed by atoms with Crippen LogP contribution in [0.25, 0.3) is 0 Å². The van der Waals surface area contributed by atoms with Gasteiger partial charge in [0.1, 0.15) is 5.82 Å². The molecule has 2 atom stereocenters. The summed E-state index contributed by atoms with van der Waals surface area (Å²) >= 11 is 0. The Hall–Kier alpha value is -0.930. The summed E-state index contributed by atoms with van der Waals surface area (Å²) in [6, 6.07) is 4.58. The van der Waals surface area contributed by atoms with E-state index in [1.165, 1.54) is 18.6 Å². The minimum absolute atomic E-state index is 0.192. The SMILES string of the molecule is Cc1ccc(F)cc1CC(O)C(O)C1CCCCC1. The van der Waals surface area contributed by atoms with Gasteiger partial charge in [-0.1, -0.05) is 25.3 Å². The van der Waals surface area contributed by atoms with E-state index in [1.807, 2.05) is 6.92 Å². The van der Waals surface area contributed by atoms with E-state index in [2.05, 4.69) is 0 Å². The van der Waals surface area contributed by atoms with Crippen molar-refractivity contribution in [2.45, 2.75) is 57.7 Å². The topological polar surface area (TPSA) is 40.5 Å². The number of aliphatic hydroxyl groups is 2. The zero-order valence-corrected chi connectivity index (χ0v) is 11.5. The maximum absolute atomic E-state index is 13.2. The van der Waals surface area contributed by atoms with E-state index in [-0.39, 0.29) is 11.7 Å². The van der Waals surface area contributed by atoms with Crippen molar-refractivity contribution in [1.82, 2.24) is 0 Å². The monoisotopic (exact) mass is 266 g/mol. The molecule has 0 radical (unpaired) electrons. The zero-order chi connectivity index (χ0) is 13.8. The Labute approximate surface area is 114 Å². The molecule has 1 aliphatic rings. The van der Waals surface area contributed by atoms with E-state index in [0.29, 0.717) is 6.42 Å². The molecule has 0 aromatic heterocycles. The molecule has 0 aliphatic heterocycles. The van der Waals surface area contributed by atoms with Crippen molar-refractivity contribution in [2.24, 2.45) is 5.92 Å².